The fraction of sp³-hybridized carbons (Fsp3) is 0.200. The van der Waals surface area contributed by atoms with E-state index in [4.69, 9.17) is 14.2 Å². The third-order valence-corrected chi connectivity index (χ3v) is 3.73. The molecule has 0 saturated carbocycles. The maximum atomic E-state index is 13.0. The summed E-state index contributed by atoms with van der Waals surface area (Å²) in [6.45, 7) is 0. The Morgan fingerprint density at radius 2 is 1.70 bits per heavy atom. The molecule has 1 atom stereocenters. The van der Waals surface area contributed by atoms with Crippen LogP contribution < -0.4 is 19.5 Å². The highest BCUT2D eigenvalue weighted by Crippen LogP contribution is 2.38. The zero-order valence-electron chi connectivity index (χ0n) is 15.2. The number of nitrogens with zero attached hydrogens (tertiary/aromatic N) is 1. The number of amides is 1. The molecule has 0 saturated heterocycles. The van der Waals surface area contributed by atoms with Gasteiger partial charge in [-0.1, -0.05) is 12.1 Å². The number of methoxy groups -OCH3 is 3. The van der Waals surface area contributed by atoms with Crippen LogP contribution in [-0.4, -0.2) is 27.2 Å². The van der Waals surface area contributed by atoms with Crippen LogP contribution in [-0.2, 0) is 4.79 Å². The standard InChI is InChI=1S/C20H19FN2O4/c1-25-17-10-13(11-18(26-2)20(17)27-3)4-9-19(24)23-16(12-22)14-5-7-15(21)8-6-14/h4-11,16H,1-3H3,(H,23,24)/b9-4+/t16-/m0/s1. The Morgan fingerprint density at radius 3 is 2.19 bits per heavy atom. The van der Waals surface area contributed by atoms with E-state index >= 15 is 0 Å². The summed E-state index contributed by atoms with van der Waals surface area (Å²) in [5.74, 6) is 0.474. The van der Waals surface area contributed by atoms with Crippen molar-refractivity contribution in [2.45, 2.75) is 6.04 Å². The molecule has 6 nitrogen and oxygen atoms in total. The first-order valence-corrected chi connectivity index (χ1v) is 7.96. The number of ether oxygens (including phenoxy) is 3. The minimum absolute atomic E-state index is 0.413. The molecule has 7 heteroatoms. The zero-order valence-corrected chi connectivity index (χ0v) is 15.2. The minimum atomic E-state index is -0.886. The van der Waals surface area contributed by atoms with E-state index in [1.165, 1.54) is 51.7 Å². The van der Waals surface area contributed by atoms with Crippen LogP contribution in [0.3, 0.4) is 0 Å². The lowest BCUT2D eigenvalue weighted by atomic mass is 10.1. The molecule has 0 fully saturated rings. The molecule has 0 heterocycles. The second-order valence-electron chi connectivity index (χ2n) is 5.41. The maximum absolute atomic E-state index is 13.0. The van der Waals surface area contributed by atoms with Gasteiger partial charge in [0.25, 0.3) is 0 Å². The topological polar surface area (TPSA) is 80.6 Å². The average Bonchev–Trinajstić information content (AvgIpc) is 2.70. The predicted molar refractivity (Wildman–Crippen MR) is 98.0 cm³/mol. The van der Waals surface area contributed by atoms with Crippen molar-refractivity contribution in [2.24, 2.45) is 0 Å². The molecule has 0 bridgehead atoms. The van der Waals surface area contributed by atoms with Gasteiger partial charge in [0, 0.05) is 6.08 Å². The summed E-state index contributed by atoms with van der Waals surface area (Å²) in [5.41, 5.74) is 1.14. The van der Waals surface area contributed by atoms with E-state index in [0.717, 1.165) is 0 Å². The van der Waals surface area contributed by atoms with Gasteiger partial charge in [-0.25, -0.2) is 4.39 Å². The molecule has 0 aliphatic carbocycles. The van der Waals surface area contributed by atoms with E-state index in [1.807, 2.05) is 6.07 Å². The van der Waals surface area contributed by atoms with Gasteiger partial charge in [0.2, 0.25) is 11.7 Å². The van der Waals surface area contributed by atoms with Gasteiger partial charge in [-0.15, -0.1) is 0 Å². The van der Waals surface area contributed by atoms with Gasteiger partial charge in [-0.05, 0) is 41.5 Å². The lowest BCUT2D eigenvalue weighted by molar-refractivity contribution is -0.116. The van der Waals surface area contributed by atoms with E-state index in [0.29, 0.717) is 28.4 Å². The van der Waals surface area contributed by atoms with Gasteiger partial charge < -0.3 is 19.5 Å². The Morgan fingerprint density at radius 1 is 1.11 bits per heavy atom. The molecule has 2 aromatic carbocycles. The minimum Gasteiger partial charge on any atom is -0.493 e. The molecule has 2 rings (SSSR count). The van der Waals surface area contributed by atoms with Gasteiger partial charge >= 0.3 is 0 Å². The van der Waals surface area contributed by atoms with Crippen molar-refractivity contribution in [3.05, 3.63) is 59.4 Å². The fourth-order valence-electron chi connectivity index (χ4n) is 2.41. The van der Waals surface area contributed by atoms with Crippen LogP contribution in [0.4, 0.5) is 4.39 Å². The number of halogens is 1. The quantitative estimate of drug-likeness (QED) is 0.757. The fourth-order valence-corrected chi connectivity index (χ4v) is 2.41. The molecule has 1 amide bonds. The summed E-state index contributed by atoms with van der Waals surface area (Å²) < 4.78 is 28.8. The van der Waals surface area contributed by atoms with Gasteiger partial charge in [0.05, 0.1) is 27.4 Å². The van der Waals surface area contributed by atoms with Crippen LogP contribution in [0.2, 0.25) is 0 Å². The van der Waals surface area contributed by atoms with Crippen molar-refractivity contribution < 1.29 is 23.4 Å². The van der Waals surface area contributed by atoms with Crippen molar-refractivity contribution in [3.63, 3.8) is 0 Å². The molecule has 0 aliphatic heterocycles. The summed E-state index contributed by atoms with van der Waals surface area (Å²) in [6.07, 6.45) is 2.84. The second-order valence-corrected chi connectivity index (χ2v) is 5.41. The van der Waals surface area contributed by atoms with Crippen molar-refractivity contribution >= 4 is 12.0 Å². The molecule has 27 heavy (non-hydrogen) atoms. The molecular formula is C20H19FN2O4. The Kier molecular flexibility index (Phi) is 6.78. The predicted octanol–water partition coefficient (Wildman–Crippen LogP) is 3.25. The average molecular weight is 370 g/mol. The number of nitrogens with one attached hydrogen (secondary N) is 1. The van der Waals surface area contributed by atoms with Crippen LogP contribution in [0, 0.1) is 17.1 Å². The largest absolute Gasteiger partial charge is 0.493 e. The number of hydrogen-bond acceptors (Lipinski definition) is 5. The lowest BCUT2D eigenvalue weighted by Gasteiger charge is -2.13. The summed E-state index contributed by atoms with van der Waals surface area (Å²) >= 11 is 0. The van der Waals surface area contributed by atoms with E-state index in [-0.39, 0.29) is 0 Å². The molecule has 0 aromatic heterocycles. The number of rotatable bonds is 7. The van der Waals surface area contributed by atoms with E-state index in [2.05, 4.69) is 5.32 Å². The number of carbonyl (C=O) groups excluding carboxylic acids is 1. The lowest BCUT2D eigenvalue weighted by Crippen LogP contribution is -2.25. The Bertz CT molecular complexity index is 848. The summed E-state index contributed by atoms with van der Waals surface area (Å²) in [7, 11) is 4.50. The SMILES string of the molecule is COc1cc(/C=C/C(=O)N[C@@H](C#N)c2ccc(F)cc2)cc(OC)c1OC. The molecule has 0 unspecified atom stereocenters. The van der Waals surface area contributed by atoms with E-state index < -0.39 is 17.8 Å². The molecule has 0 spiro atoms. The first kappa shape index (κ1) is 19.8. The molecule has 1 N–H and O–H groups in total. The molecule has 0 aliphatic rings. The van der Waals surface area contributed by atoms with E-state index in [9.17, 15) is 14.4 Å². The summed E-state index contributed by atoms with van der Waals surface area (Å²) in [4.78, 5) is 12.1. The molecule has 2 aromatic rings. The van der Waals surface area contributed by atoms with Crippen molar-refractivity contribution in [3.8, 4) is 23.3 Å². The first-order chi connectivity index (χ1) is 13.0. The van der Waals surface area contributed by atoms with Gasteiger partial charge in [-0.2, -0.15) is 5.26 Å². The van der Waals surface area contributed by atoms with Crippen LogP contribution >= 0.6 is 0 Å². The third-order valence-electron chi connectivity index (χ3n) is 3.73. The molecule has 0 radical (unpaired) electrons. The first-order valence-electron chi connectivity index (χ1n) is 7.96. The van der Waals surface area contributed by atoms with Gasteiger partial charge in [0.15, 0.2) is 11.5 Å². The third kappa shape index (κ3) is 4.98. The van der Waals surface area contributed by atoms with Crippen molar-refractivity contribution in [2.75, 3.05) is 21.3 Å². The monoisotopic (exact) mass is 370 g/mol. The number of benzene rings is 2. The number of carbonyl (C=O) groups is 1. The van der Waals surface area contributed by atoms with Crippen LogP contribution in [0.1, 0.15) is 17.2 Å². The highest BCUT2D eigenvalue weighted by molar-refractivity contribution is 5.92. The summed E-state index contributed by atoms with van der Waals surface area (Å²) in [5, 5.41) is 11.8. The summed E-state index contributed by atoms with van der Waals surface area (Å²) in [6, 6.07) is 9.83. The van der Waals surface area contributed by atoms with E-state index in [1.54, 1.807) is 18.2 Å². The maximum Gasteiger partial charge on any atom is 0.245 e. The Balaban J connectivity index is 2.16. The highest BCUT2D eigenvalue weighted by atomic mass is 19.1. The molecular weight excluding hydrogens is 351 g/mol. The Labute approximate surface area is 156 Å². The highest BCUT2D eigenvalue weighted by Gasteiger charge is 2.14. The van der Waals surface area contributed by atoms with Gasteiger partial charge in [0.1, 0.15) is 11.9 Å². The Hall–Kier alpha value is -3.53. The normalized spacial score (nSPS) is 11.5. The second kappa shape index (κ2) is 9.25. The van der Waals surface area contributed by atoms with Crippen LogP contribution in [0.5, 0.6) is 17.2 Å². The van der Waals surface area contributed by atoms with Gasteiger partial charge in [-0.3, -0.25) is 4.79 Å². The van der Waals surface area contributed by atoms with Crippen LogP contribution in [0.25, 0.3) is 6.08 Å². The number of nitriles is 1. The zero-order chi connectivity index (χ0) is 19.8. The van der Waals surface area contributed by atoms with Crippen molar-refractivity contribution in [1.82, 2.24) is 5.32 Å². The number of hydrogen-bond donors (Lipinski definition) is 1. The van der Waals surface area contributed by atoms with Crippen molar-refractivity contribution in [1.29, 1.82) is 5.26 Å². The molecule has 140 valence electrons. The van der Waals surface area contributed by atoms with Crippen LogP contribution in [0.15, 0.2) is 42.5 Å². The smallest absolute Gasteiger partial charge is 0.245 e.